The van der Waals surface area contributed by atoms with Crippen LogP contribution in [0, 0.1) is 5.82 Å². The van der Waals surface area contributed by atoms with Gasteiger partial charge in [-0.15, -0.1) is 0 Å². The summed E-state index contributed by atoms with van der Waals surface area (Å²) in [5.41, 5.74) is -1.53. The highest BCUT2D eigenvalue weighted by Gasteiger charge is 2.48. The third-order valence-corrected chi connectivity index (χ3v) is 5.61. The van der Waals surface area contributed by atoms with Gasteiger partial charge in [-0.1, -0.05) is 33.6 Å². The molecule has 0 aliphatic carbocycles. The van der Waals surface area contributed by atoms with Crippen molar-refractivity contribution in [2.24, 2.45) is 0 Å². The average molecular weight is 443 g/mol. The molecule has 1 aliphatic rings. The van der Waals surface area contributed by atoms with Crippen molar-refractivity contribution in [2.75, 3.05) is 11.1 Å². The molecule has 1 aliphatic heterocycles. The molecular formula is C14H14BrClFNO5S. The number of aliphatic hydroxyl groups excluding tert-OH is 1. The zero-order valence-corrected chi connectivity index (χ0v) is 15.6. The summed E-state index contributed by atoms with van der Waals surface area (Å²) >= 11 is 8.82. The lowest BCUT2D eigenvalue weighted by Gasteiger charge is -2.24. The van der Waals surface area contributed by atoms with Crippen LogP contribution in [0.1, 0.15) is 18.9 Å². The lowest BCUT2D eigenvalue weighted by atomic mass is 9.91. The molecule has 6 nitrogen and oxygen atoms in total. The molecule has 0 aromatic heterocycles. The summed E-state index contributed by atoms with van der Waals surface area (Å²) in [6, 6.07) is 3.51. The van der Waals surface area contributed by atoms with Gasteiger partial charge >= 0.3 is 0 Å². The summed E-state index contributed by atoms with van der Waals surface area (Å²) in [4.78, 5) is 12.3. The van der Waals surface area contributed by atoms with Crippen LogP contribution in [-0.2, 0) is 25.2 Å². The van der Waals surface area contributed by atoms with E-state index >= 15 is 0 Å². The molecule has 0 saturated heterocycles. The monoisotopic (exact) mass is 441 g/mol. The number of carbonyl (C=O) groups excluding carboxylic acids is 1. The van der Waals surface area contributed by atoms with Crippen molar-refractivity contribution in [2.45, 2.75) is 18.9 Å². The summed E-state index contributed by atoms with van der Waals surface area (Å²) in [7, 11) is -3.79. The normalized spacial score (nSPS) is 21.1. The number of aliphatic hydroxyl groups is 1. The largest absolute Gasteiger partial charge is 0.501 e. The van der Waals surface area contributed by atoms with Crippen molar-refractivity contribution in [3.05, 3.63) is 46.2 Å². The molecule has 1 atom stereocenters. The first-order chi connectivity index (χ1) is 11.1. The Balaban J connectivity index is 2.30. The fourth-order valence-corrected chi connectivity index (χ4v) is 4.00. The van der Waals surface area contributed by atoms with E-state index in [1.54, 1.807) is 0 Å². The van der Waals surface area contributed by atoms with E-state index < -0.39 is 38.9 Å². The molecule has 1 heterocycles. The molecule has 0 radical (unpaired) electrons. The number of halogens is 3. The van der Waals surface area contributed by atoms with E-state index in [1.165, 1.54) is 19.1 Å². The Bertz CT molecular complexity index is 813. The van der Waals surface area contributed by atoms with E-state index in [9.17, 15) is 22.7 Å². The minimum absolute atomic E-state index is 0.181. The Morgan fingerprint density at radius 2 is 2.12 bits per heavy atom. The van der Waals surface area contributed by atoms with E-state index in [0.717, 1.165) is 6.07 Å². The van der Waals surface area contributed by atoms with Gasteiger partial charge in [0, 0.05) is 10.9 Å². The molecule has 0 spiro atoms. The van der Waals surface area contributed by atoms with Gasteiger partial charge in [-0.3, -0.25) is 9.52 Å². The maximum absolute atomic E-state index is 13.3. The molecule has 1 aromatic carbocycles. The van der Waals surface area contributed by atoms with E-state index in [4.69, 9.17) is 16.3 Å². The Hall–Kier alpha value is -1.32. The third kappa shape index (κ3) is 3.68. The number of alkyl halides is 1. The molecule has 0 saturated carbocycles. The second kappa shape index (κ2) is 6.89. The molecule has 2 N–H and O–H groups in total. The molecule has 132 valence electrons. The van der Waals surface area contributed by atoms with Crippen molar-refractivity contribution < 1.29 is 27.4 Å². The first-order valence-corrected chi connectivity index (χ1v) is 9.95. The van der Waals surface area contributed by atoms with Crippen LogP contribution in [-0.4, -0.2) is 30.4 Å². The second-order valence-electron chi connectivity index (χ2n) is 5.23. The number of rotatable bonds is 6. The van der Waals surface area contributed by atoms with Gasteiger partial charge in [0.25, 0.3) is 5.78 Å². The highest BCUT2D eigenvalue weighted by molar-refractivity contribution is 9.09. The van der Waals surface area contributed by atoms with E-state index in [2.05, 4.69) is 20.7 Å². The highest BCUT2D eigenvalue weighted by Crippen LogP contribution is 2.38. The number of ether oxygens (including phenoxy) is 1. The van der Waals surface area contributed by atoms with Crippen LogP contribution in [0.4, 0.5) is 4.39 Å². The van der Waals surface area contributed by atoms with Gasteiger partial charge in [0.05, 0.1) is 10.8 Å². The zero-order chi connectivity index (χ0) is 18.1. The minimum atomic E-state index is -3.79. The summed E-state index contributed by atoms with van der Waals surface area (Å²) in [5.74, 6) is -3.16. The van der Waals surface area contributed by atoms with Gasteiger partial charge in [-0.25, -0.2) is 12.8 Å². The summed E-state index contributed by atoms with van der Waals surface area (Å²) in [6.45, 7) is 1.33. The van der Waals surface area contributed by atoms with Crippen molar-refractivity contribution >= 4 is 43.3 Å². The van der Waals surface area contributed by atoms with Crippen molar-refractivity contribution in [3.8, 4) is 0 Å². The molecule has 24 heavy (non-hydrogen) atoms. The number of ketones is 1. The number of hydrogen-bond acceptors (Lipinski definition) is 5. The maximum Gasteiger partial charge on any atom is 0.250 e. The summed E-state index contributed by atoms with van der Waals surface area (Å²) < 4.78 is 44.5. The fraction of sp³-hybridized carbons (Fsp3) is 0.357. The van der Waals surface area contributed by atoms with E-state index in [1.807, 2.05) is 0 Å². The molecule has 0 fully saturated rings. The SMILES string of the molecule is CC1(c2ccc(F)c(Cl)c2)OC(NS(=O)(=O)CCCBr)=C(O)C1=O. The Labute approximate surface area is 151 Å². The molecule has 1 unspecified atom stereocenters. The smallest absolute Gasteiger partial charge is 0.250 e. The molecule has 2 rings (SSSR count). The van der Waals surface area contributed by atoms with Crippen LogP contribution < -0.4 is 4.72 Å². The molecule has 0 amide bonds. The Morgan fingerprint density at radius 3 is 2.71 bits per heavy atom. The third-order valence-electron chi connectivity index (χ3n) is 3.43. The maximum atomic E-state index is 13.3. The predicted octanol–water partition coefficient (Wildman–Crippen LogP) is 2.73. The van der Waals surface area contributed by atoms with Crippen LogP contribution in [0.15, 0.2) is 29.8 Å². The number of sulfonamides is 1. The van der Waals surface area contributed by atoms with Crippen LogP contribution in [0.25, 0.3) is 0 Å². The molecule has 0 bridgehead atoms. The van der Waals surface area contributed by atoms with E-state index in [0.29, 0.717) is 11.8 Å². The van der Waals surface area contributed by atoms with Crippen molar-refractivity contribution in [3.63, 3.8) is 0 Å². The van der Waals surface area contributed by atoms with Crippen molar-refractivity contribution in [1.29, 1.82) is 0 Å². The lowest BCUT2D eigenvalue weighted by molar-refractivity contribution is -0.131. The zero-order valence-electron chi connectivity index (χ0n) is 12.5. The summed E-state index contributed by atoms with van der Waals surface area (Å²) in [5, 5.41) is 10.2. The summed E-state index contributed by atoms with van der Waals surface area (Å²) in [6.07, 6.45) is 0.335. The lowest BCUT2D eigenvalue weighted by Crippen LogP contribution is -2.32. The second-order valence-corrected chi connectivity index (χ2v) is 8.28. The van der Waals surface area contributed by atoms with Crippen molar-refractivity contribution in [1.82, 2.24) is 4.72 Å². The Morgan fingerprint density at radius 1 is 1.46 bits per heavy atom. The van der Waals surface area contributed by atoms with Gasteiger partial charge in [0.1, 0.15) is 5.82 Å². The molecule has 10 heteroatoms. The van der Waals surface area contributed by atoms with E-state index in [-0.39, 0.29) is 16.3 Å². The van der Waals surface area contributed by atoms with Crippen LogP contribution in [0.3, 0.4) is 0 Å². The van der Waals surface area contributed by atoms with Gasteiger partial charge in [-0.2, -0.15) is 0 Å². The Kier molecular flexibility index (Phi) is 5.46. The average Bonchev–Trinajstić information content (AvgIpc) is 2.72. The number of hydrogen-bond donors (Lipinski definition) is 2. The fourth-order valence-electron chi connectivity index (χ4n) is 2.12. The number of carbonyl (C=O) groups is 1. The van der Waals surface area contributed by atoms with Crippen LogP contribution >= 0.6 is 27.5 Å². The first-order valence-electron chi connectivity index (χ1n) is 6.80. The topological polar surface area (TPSA) is 92.7 Å². The standard InChI is InChI=1S/C14H14BrClFNO5S/c1-14(8-3-4-10(17)9(16)7-8)12(20)11(19)13(23-14)18-24(21,22)6-2-5-15/h3-4,7,18-19H,2,5-6H2,1H3. The van der Waals surface area contributed by atoms with Gasteiger partial charge in [0.15, 0.2) is 5.60 Å². The number of nitrogens with one attached hydrogen (secondary N) is 1. The van der Waals surface area contributed by atoms with Crippen LogP contribution in [0.2, 0.25) is 5.02 Å². The highest BCUT2D eigenvalue weighted by atomic mass is 79.9. The predicted molar refractivity (Wildman–Crippen MR) is 89.8 cm³/mol. The molecular weight excluding hydrogens is 429 g/mol. The minimum Gasteiger partial charge on any atom is -0.501 e. The van der Waals surface area contributed by atoms with Gasteiger partial charge < -0.3 is 9.84 Å². The van der Waals surface area contributed by atoms with Crippen LogP contribution in [0.5, 0.6) is 0 Å². The first kappa shape index (κ1) is 19.0. The molecule has 1 aromatic rings. The quantitative estimate of drug-likeness (QED) is 0.661. The van der Waals surface area contributed by atoms with Gasteiger partial charge in [0.2, 0.25) is 21.7 Å². The number of Topliss-reactive ketones (excluding diaryl/α,β-unsaturated/α-hetero) is 1. The van der Waals surface area contributed by atoms with Gasteiger partial charge in [-0.05, 0) is 25.5 Å². The number of benzene rings is 1.